The summed E-state index contributed by atoms with van der Waals surface area (Å²) in [6, 6.07) is 14.1. The van der Waals surface area contributed by atoms with Crippen LogP contribution >= 0.6 is 0 Å². The van der Waals surface area contributed by atoms with Gasteiger partial charge in [-0.3, -0.25) is 4.79 Å². The molecule has 0 saturated heterocycles. The van der Waals surface area contributed by atoms with Crippen molar-refractivity contribution in [3.05, 3.63) is 59.7 Å². The van der Waals surface area contributed by atoms with Gasteiger partial charge in [0.15, 0.2) is 0 Å². The minimum atomic E-state index is -3.50. The summed E-state index contributed by atoms with van der Waals surface area (Å²) in [7, 11) is -1.89. The number of methoxy groups -OCH3 is 1. The first-order chi connectivity index (χ1) is 13.7. The number of carbonyl (C=O) groups excluding carboxylic acids is 1. The lowest BCUT2D eigenvalue weighted by Crippen LogP contribution is -2.27. The predicted molar refractivity (Wildman–Crippen MR) is 114 cm³/mol. The first-order valence-electron chi connectivity index (χ1n) is 9.74. The highest BCUT2D eigenvalue weighted by atomic mass is 32.2. The molecule has 0 saturated carbocycles. The van der Waals surface area contributed by atoms with Crippen LogP contribution in [-0.2, 0) is 21.2 Å². The Morgan fingerprint density at radius 1 is 1.03 bits per heavy atom. The maximum atomic E-state index is 12.3. The average Bonchev–Trinajstić information content (AvgIpc) is 2.71. The summed E-state index contributed by atoms with van der Waals surface area (Å²) in [6.45, 7) is 6.21. The number of ether oxygens (including phenoxy) is 1. The third-order valence-electron chi connectivity index (χ3n) is 4.54. The zero-order chi connectivity index (χ0) is 21.4. The third-order valence-corrected chi connectivity index (χ3v) is 5.98. The molecule has 0 aliphatic carbocycles. The Morgan fingerprint density at radius 2 is 1.69 bits per heavy atom. The van der Waals surface area contributed by atoms with Gasteiger partial charge in [-0.25, -0.2) is 13.1 Å². The summed E-state index contributed by atoms with van der Waals surface area (Å²) in [5.74, 6) is 0.905. The van der Waals surface area contributed by atoms with Gasteiger partial charge in [0.2, 0.25) is 15.9 Å². The van der Waals surface area contributed by atoms with Crippen LogP contribution < -0.4 is 14.8 Å². The van der Waals surface area contributed by atoms with Crippen molar-refractivity contribution in [3.8, 4) is 5.75 Å². The van der Waals surface area contributed by atoms with Crippen LogP contribution in [0.4, 0.5) is 0 Å². The molecule has 6 nitrogen and oxygen atoms in total. The molecule has 2 aromatic rings. The van der Waals surface area contributed by atoms with Crippen LogP contribution in [-0.4, -0.2) is 28.0 Å². The van der Waals surface area contributed by atoms with E-state index in [1.54, 1.807) is 31.4 Å². The van der Waals surface area contributed by atoms with Crippen molar-refractivity contribution < 1.29 is 17.9 Å². The zero-order valence-electron chi connectivity index (χ0n) is 17.4. The van der Waals surface area contributed by atoms with Crippen LogP contribution in [0.15, 0.2) is 53.4 Å². The molecule has 7 heteroatoms. The van der Waals surface area contributed by atoms with Gasteiger partial charge in [0.1, 0.15) is 5.75 Å². The van der Waals surface area contributed by atoms with E-state index < -0.39 is 10.0 Å². The molecule has 0 spiro atoms. The summed E-state index contributed by atoms with van der Waals surface area (Å²) in [5.41, 5.74) is 1.83. The fourth-order valence-corrected chi connectivity index (χ4v) is 4.08. The van der Waals surface area contributed by atoms with Crippen molar-refractivity contribution in [2.45, 2.75) is 44.6 Å². The van der Waals surface area contributed by atoms with Gasteiger partial charge in [-0.1, -0.05) is 44.2 Å². The van der Waals surface area contributed by atoms with E-state index in [9.17, 15) is 13.2 Å². The summed E-state index contributed by atoms with van der Waals surface area (Å²) in [4.78, 5) is 12.5. The molecular weight excluding hydrogens is 388 g/mol. The Balaban J connectivity index is 1.90. The van der Waals surface area contributed by atoms with E-state index in [0.717, 1.165) is 16.9 Å². The third kappa shape index (κ3) is 6.87. The Hall–Kier alpha value is -2.38. The smallest absolute Gasteiger partial charge is 0.240 e. The second kappa shape index (κ2) is 10.4. The van der Waals surface area contributed by atoms with Gasteiger partial charge in [-0.2, -0.15) is 0 Å². The van der Waals surface area contributed by atoms with Crippen molar-refractivity contribution in [1.29, 1.82) is 0 Å². The van der Waals surface area contributed by atoms with E-state index in [2.05, 4.69) is 10.0 Å². The van der Waals surface area contributed by atoms with E-state index in [1.165, 1.54) is 0 Å². The number of benzene rings is 2. The summed E-state index contributed by atoms with van der Waals surface area (Å²) in [5, 5.41) is 2.98. The molecule has 0 aliphatic heterocycles. The Morgan fingerprint density at radius 3 is 2.31 bits per heavy atom. The number of hydrogen-bond acceptors (Lipinski definition) is 4. The molecule has 0 unspecified atom stereocenters. The van der Waals surface area contributed by atoms with Crippen LogP contribution in [0.25, 0.3) is 0 Å². The molecule has 1 amide bonds. The van der Waals surface area contributed by atoms with E-state index in [4.69, 9.17) is 4.74 Å². The molecule has 0 aromatic heterocycles. The number of carbonyl (C=O) groups is 1. The first-order valence-corrected chi connectivity index (χ1v) is 11.2. The van der Waals surface area contributed by atoms with Crippen LogP contribution in [0.3, 0.4) is 0 Å². The molecule has 0 radical (unpaired) electrons. The van der Waals surface area contributed by atoms with Crippen LogP contribution in [0.1, 0.15) is 44.4 Å². The van der Waals surface area contributed by atoms with Gasteiger partial charge in [-0.15, -0.1) is 0 Å². The Bertz CT molecular complexity index is 909. The molecule has 1 atom stereocenters. The predicted octanol–water partition coefficient (Wildman–Crippen LogP) is 3.44. The maximum Gasteiger partial charge on any atom is 0.240 e. The second-order valence-corrected chi connectivity index (χ2v) is 9.19. The van der Waals surface area contributed by atoms with E-state index >= 15 is 0 Å². The Kier molecular flexibility index (Phi) is 8.22. The van der Waals surface area contributed by atoms with Crippen LogP contribution in [0.5, 0.6) is 5.75 Å². The number of sulfonamides is 1. The van der Waals surface area contributed by atoms with Gasteiger partial charge in [-0.05, 0) is 43.0 Å². The summed E-state index contributed by atoms with van der Waals surface area (Å²) >= 11 is 0. The maximum absolute atomic E-state index is 12.3. The minimum absolute atomic E-state index is 0.0706. The van der Waals surface area contributed by atoms with Crippen LogP contribution in [0, 0.1) is 5.92 Å². The lowest BCUT2D eigenvalue weighted by molar-refractivity contribution is -0.121. The highest BCUT2D eigenvalue weighted by Gasteiger charge is 2.15. The lowest BCUT2D eigenvalue weighted by atomic mass is 10.1. The topological polar surface area (TPSA) is 84.5 Å². The van der Waals surface area contributed by atoms with Crippen LogP contribution in [0.2, 0.25) is 0 Å². The zero-order valence-corrected chi connectivity index (χ0v) is 18.3. The normalized spacial score (nSPS) is 12.6. The van der Waals surface area contributed by atoms with Gasteiger partial charge in [0, 0.05) is 18.5 Å². The second-order valence-electron chi connectivity index (χ2n) is 7.42. The highest BCUT2D eigenvalue weighted by molar-refractivity contribution is 7.89. The van der Waals surface area contributed by atoms with Gasteiger partial charge < -0.3 is 10.1 Å². The quantitative estimate of drug-likeness (QED) is 0.619. The van der Waals surface area contributed by atoms with Crippen molar-refractivity contribution in [2.75, 3.05) is 13.7 Å². The molecule has 2 N–H and O–H groups in total. The number of para-hydroxylation sites is 1. The van der Waals surface area contributed by atoms with E-state index in [0.29, 0.717) is 19.4 Å². The average molecular weight is 419 g/mol. The SMILES string of the molecule is COc1ccccc1[C@H](C)NC(=O)CCc1ccc(S(=O)(=O)NCC(C)C)cc1. The summed E-state index contributed by atoms with van der Waals surface area (Å²) < 4.78 is 32.4. The number of hydrogen-bond donors (Lipinski definition) is 2. The summed E-state index contributed by atoms with van der Waals surface area (Å²) in [6.07, 6.45) is 0.849. The number of amides is 1. The monoisotopic (exact) mass is 418 g/mol. The van der Waals surface area contributed by atoms with E-state index in [-0.39, 0.29) is 22.8 Å². The van der Waals surface area contributed by atoms with Gasteiger partial charge in [0.05, 0.1) is 18.0 Å². The van der Waals surface area contributed by atoms with Crippen molar-refractivity contribution in [1.82, 2.24) is 10.0 Å². The molecular formula is C22H30N2O4S. The fraction of sp³-hybridized carbons (Fsp3) is 0.409. The molecule has 29 heavy (non-hydrogen) atoms. The molecule has 0 bridgehead atoms. The Labute approximate surface area is 173 Å². The molecule has 2 rings (SSSR count). The standard InChI is InChI=1S/C22H30N2O4S/c1-16(2)15-23-29(26,27)19-12-9-18(10-13-19)11-14-22(25)24-17(3)20-7-5-6-8-21(20)28-4/h5-10,12-13,16-17,23H,11,14-15H2,1-4H3,(H,24,25)/t17-/m0/s1. The largest absolute Gasteiger partial charge is 0.496 e. The fourth-order valence-electron chi connectivity index (χ4n) is 2.87. The van der Waals surface area contributed by atoms with Crippen molar-refractivity contribution in [2.24, 2.45) is 5.92 Å². The molecule has 158 valence electrons. The molecule has 0 fully saturated rings. The van der Waals surface area contributed by atoms with Gasteiger partial charge in [0.25, 0.3) is 0 Å². The first kappa shape index (κ1) is 22.9. The molecule has 0 aliphatic rings. The lowest BCUT2D eigenvalue weighted by Gasteiger charge is -2.17. The molecule has 0 heterocycles. The van der Waals surface area contributed by atoms with Crippen molar-refractivity contribution >= 4 is 15.9 Å². The van der Waals surface area contributed by atoms with Gasteiger partial charge >= 0.3 is 0 Å². The van der Waals surface area contributed by atoms with E-state index in [1.807, 2.05) is 45.0 Å². The molecule has 2 aromatic carbocycles. The minimum Gasteiger partial charge on any atom is -0.496 e. The number of nitrogens with one attached hydrogen (secondary N) is 2. The van der Waals surface area contributed by atoms with Crippen molar-refractivity contribution in [3.63, 3.8) is 0 Å². The number of rotatable bonds is 10. The highest BCUT2D eigenvalue weighted by Crippen LogP contribution is 2.24. The number of aryl methyl sites for hydroxylation is 1.